The number of imidazole rings is 1. The second-order valence-electron chi connectivity index (χ2n) is 2.71. The lowest BCUT2D eigenvalue weighted by molar-refractivity contribution is -0.139. The lowest BCUT2D eigenvalue weighted by atomic mass is 10.2. The van der Waals surface area contributed by atoms with Crippen LogP contribution >= 0.6 is 11.8 Å². The van der Waals surface area contributed by atoms with Gasteiger partial charge in [0, 0.05) is 18.1 Å². The fourth-order valence-electron chi connectivity index (χ4n) is 0.994. The van der Waals surface area contributed by atoms with Crippen LogP contribution in [0, 0.1) is 0 Å². The van der Waals surface area contributed by atoms with Crippen LogP contribution in [0.5, 0.6) is 0 Å². The Kier molecular flexibility index (Phi) is 4.48. The molecule has 1 aromatic heterocycles. The van der Waals surface area contributed by atoms with Crippen molar-refractivity contribution in [2.24, 2.45) is 0 Å². The summed E-state index contributed by atoms with van der Waals surface area (Å²) in [5, 5.41) is 12.3. The molecule has 0 amide bonds. The highest BCUT2D eigenvalue weighted by atomic mass is 32.2. The van der Waals surface area contributed by atoms with Gasteiger partial charge in [0.2, 0.25) is 0 Å². The number of H-pyrrole nitrogens is 1. The van der Waals surface area contributed by atoms with Crippen molar-refractivity contribution < 1.29 is 9.90 Å². The van der Waals surface area contributed by atoms with E-state index in [1.165, 1.54) is 11.8 Å². The first-order valence-corrected chi connectivity index (χ1v) is 5.25. The molecule has 5 nitrogen and oxygen atoms in total. The number of carboxylic acids is 1. The summed E-state index contributed by atoms with van der Waals surface area (Å²) in [5.41, 5.74) is 0. The van der Waals surface area contributed by atoms with Gasteiger partial charge in [-0.25, -0.2) is 4.98 Å². The van der Waals surface area contributed by atoms with Crippen LogP contribution in [0.15, 0.2) is 17.6 Å². The first-order valence-electron chi connectivity index (χ1n) is 4.26. The van der Waals surface area contributed by atoms with Crippen molar-refractivity contribution in [1.29, 1.82) is 0 Å². The Hall–Kier alpha value is -1.01. The average Bonchev–Trinajstić information content (AvgIpc) is 2.64. The highest BCUT2D eigenvalue weighted by Crippen LogP contribution is 2.13. The van der Waals surface area contributed by atoms with Gasteiger partial charge >= 0.3 is 5.97 Å². The van der Waals surface area contributed by atoms with Gasteiger partial charge in [-0.05, 0) is 13.5 Å². The number of hydrogen-bond acceptors (Lipinski definition) is 4. The zero-order valence-electron chi connectivity index (χ0n) is 7.86. The van der Waals surface area contributed by atoms with Gasteiger partial charge in [-0.2, -0.15) is 0 Å². The minimum absolute atomic E-state index is 0.475. The smallest absolute Gasteiger partial charge is 0.320 e. The molecule has 78 valence electrons. The summed E-state index contributed by atoms with van der Waals surface area (Å²) in [6, 6.07) is -0.475. The predicted octanol–water partition coefficient (Wildman–Crippen LogP) is 0.564. The molecule has 0 saturated heterocycles. The number of likely N-dealkylation sites (N-methyl/N-ethyl adjacent to an activating group) is 1. The summed E-state index contributed by atoms with van der Waals surface area (Å²) >= 11 is 1.52. The Morgan fingerprint density at radius 1 is 1.86 bits per heavy atom. The third-order valence-corrected chi connectivity index (χ3v) is 2.70. The van der Waals surface area contributed by atoms with E-state index in [1.807, 2.05) is 0 Å². The van der Waals surface area contributed by atoms with E-state index < -0.39 is 12.0 Å². The average molecular weight is 215 g/mol. The van der Waals surface area contributed by atoms with E-state index in [-0.39, 0.29) is 0 Å². The fraction of sp³-hybridized carbons (Fsp3) is 0.500. The Bertz CT molecular complexity index is 276. The van der Waals surface area contributed by atoms with Gasteiger partial charge in [-0.3, -0.25) is 4.79 Å². The van der Waals surface area contributed by atoms with Crippen molar-refractivity contribution in [2.45, 2.75) is 17.6 Å². The molecule has 1 unspecified atom stereocenters. The Labute approximate surface area is 86.3 Å². The van der Waals surface area contributed by atoms with Crippen LogP contribution in [-0.2, 0) is 4.79 Å². The van der Waals surface area contributed by atoms with E-state index >= 15 is 0 Å². The number of thioether (sulfide) groups is 1. The first-order chi connectivity index (χ1) is 6.74. The molecule has 0 bridgehead atoms. The predicted molar refractivity (Wildman–Crippen MR) is 54.4 cm³/mol. The second-order valence-corrected chi connectivity index (χ2v) is 3.79. The molecular weight excluding hydrogens is 202 g/mol. The number of nitrogens with one attached hydrogen (secondary N) is 2. The molecule has 0 aliphatic heterocycles. The number of nitrogens with zero attached hydrogens (tertiary/aromatic N) is 1. The van der Waals surface area contributed by atoms with Crippen molar-refractivity contribution in [3.8, 4) is 0 Å². The minimum atomic E-state index is -0.812. The highest BCUT2D eigenvalue weighted by Gasteiger charge is 2.14. The van der Waals surface area contributed by atoms with E-state index in [1.54, 1.807) is 19.4 Å². The van der Waals surface area contributed by atoms with Crippen LogP contribution in [-0.4, -0.2) is 39.9 Å². The Morgan fingerprint density at radius 2 is 2.64 bits per heavy atom. The van der Waals surface area contributed by atoms with Gasteiger partial charge in [0.15, 0.2) is 5.16 Å². The zero-order chi connectivity index (χ0) is 10.4. The molecule has 0 aliphatic carbocycles. The number of aromatic amines is 1. The molecule has 6 heteroatoms. The van der Waals surface area contributed by atoms with Gasteiger partial charge in [-0.1, -0.05) is 11.8 Å². The maximum absolute atomic E-state index is 10.6. The van der Waals surface area contributed by atoms with Crippen LogP contribution in [0.4, 0.5) is 0 Å². The van der Waals surface area contributed by atoms with E-state index in [0.717, 1.165) is 10.9 Å². The number of carboxylic acid groups (broad SMARTS) is 1. The molecule has 0 saturated carbocycles. The molecule has 3 N–H and O–H groups in total. The molecule has 1 rings (SSSR count). The second kappa shape index (κ2) is 5.66. The van der Waals surface area contributed by atoms with Crippen LogP contribution in [0.3, 0.4) is 0 Å². The Balaban J connectivity index is 2.23. The monoisotopic (exact) mass is 215 g/mol. The molecule has 0 spiro atoms. The van der Waals surface area contributed by atoms with Gasteiger partial charge in [0.1, 0.15) is 6.04 Å². The van der Waals surface area contributed by atoms with Crippen molar-refractivity contribution >= 4 is 17.7 Å². The summed E-state index contributed by atoms with van der Waals surface area (Å²) in [4.78, 5) is 17.6. The molecule has 0 aliphatic rings. The normalized spacial score (nSPS) is 12.6. The molecule has 1 heterocycles. The fourth-order valence-corrected chi connectivity index (χ4v) is 1.83. The SMILES string of the molecule is CNC(CCSc1ncc[nH]1)C(=O)O. The number of rotatable bonds is 6. The highest BCUT2D eigenvalue weighted by molar-refractivity contribution is 7.99. The molecule has 1 aromatic rings. The molecule has 14 heavy (non-hydrogen) atoms. The van der Waals surface area contributed by atoms with Crippen LogP contribution in [0.1, 0.15) is 6.42 Å². The van der Waals surface area contributed by atoms with Gasteiger partial charge in [-0.15, -0.1) is 0 Å². The maximum atomic E-state index is 10.6. The van der Waals surface area contributed by atoms with Crippen molar-refractivity contribution in [3.05, 3.63) is 12.4 Å². The summed E-state index contributed by atoms with van der Waals surface area (Å²) in [6.07, 6.45) is 4.00. The van der Waals surface area contributed by atoms with Gasteiger partial charge < -0.3 is 15.4 Å². The first kappa shape index (κ1) is 11.1. The summed E-state index contributed by atoms with van der Waals surface area (Å²) in [5.74, 6) is -0.0850. The largest absolute Gasteiger partial charge is 0.480 e. The van der Waals surface area contributed by atoms with Crippen molar-refractivity contribution in [2.75, 3.05) is 12.8 Å². The third kappa shape index (κ3) is 3.39. The van der Waals surface area contributed by atoms with E-state index in [9.17, 15) is 4.79 Å². The van der Waals surface area contributed by atoms with Crippen LogP contribution in [0.25, 0.3) is 0 Å². The number of aliphatic carboxylic acids is 1. The number of aromatic nitrogens is 2. The van der Waals surface area contributed by atoms with Crippen molar-refractivity contribution in [1.82, 2.24) is 15.3 Å². The number of carbonyl (C=O) groups is 1. The summed E-state index contributed by atoms with van der Waals surface area (Å²) < 4.78 is 0. The van der Waals surface area contributed by atoms with Gasteiger partial charge in [0.05, 0.1) is 0 Å². The third-order valence-electron chi connectivity index (χ3n) is 1.76. The van der Waals surface area contributed by atoms with Crippen molar-refractivity contribution in [3.63, 3.8) is 0 Å². The molecule has 1 atom stereocenters. The van der Waals surface area contributed by atoms with E-state index in [2.05, 4.69) is 15.3 Å². The van der Waals surface area contributed by atoms with Gasteiger partial charge in [0.25, 0.3) is 0 Å². The van der Waals surface area contributed by atoms with E-state index in [4.69, 9.17) is 5.11 Å². The molecular formula is C8H13N3O2S. The lowest BCUT2D eigenvalue weighted by Crippen LogP contribution is -2.34. The van der Waals surface area contributed by atoms with Crippen LogP contribution in [0.2, 0.25) is 0 Å². The van der Waals surface area contributed by atoms with Crippen LogP contribution < -0.4 is 5.32 Å². The quantitative estimate of drug-likeness (QED) is 0.604. The zero-order valence-corrected chi connectivity index (χ0v) is 8.67. The maximum Gasteiger partial charge on any atom is 0.320 e. The lowest BCUT2D eigenvalue weighted by Gasteiger charge is -2.09. The summed E-state index contributed by atoms with van der Waals surface area (Å²) in [6.45, 7) is 0. The summed E-state index contributed by atoms with van der Waals surface area (Å²) in [7, 11) is 1.65. The topological polar surface area (TPSA) is 78.0 Å². The molecule has 0 fully saturated rings. The molecule has 0 aromatic carbocycles. The minimum Gasteiger partial charge on any atom is -0.480 e. The molecule has 0 radical (unpaired) electrons. The number of hydrogen-bond donors (Lipinski definition) is 3. The standard InChI is InChI=1S/C8H13N3O2S/c1-9-6(7(12)13)2-5-14-8-10-3-4-11-8/h3-4,6,9H,2,5H2,1H3,(H,10,11)(H,12,13). The van der Waals surface area contributed by atoms with E-state index in [0.29, 0.717) is 6.42 Å². The Morgan fingerprint density at radius 3 is 3.14 bits per heavy atom.